The van der Waals surface area contributed by atoms with Gasteiger partial charge in [-0.05, 0) is 13.8 Å². The summed E-state index contributed by atoms with van der Waals surface area (Å²) in [4.78, 5) is 26.7. The first-order chi connectivity index (χ1) is 8.58. The Labute approximate surface area is 113 Å². The van der Waals surface area contributed by atoms with Crippen LogP contribution in [0, 0.1) is 0 Å². The molecule has 5 nitrogen and oxygen atoms in total. The monoisotopic (exact) mass is 274 g/mol. The third kappa shape index (κ3) is 4.49. The molecule has 1 atom stereocenters. The van der Waals surface area contributed by atoms with Crippen molar-refractivity contribution in [3.05, 3.63) is 0 Å². The van der Waals surface area contributed by atoms with E-state index < -0.39 is 5.97 Å². The molecule has 0 aromatic heterocycles. The van der Waals surface area contributed by atoms with Crippen molar-refractivity contribution < 1.29 is 14.7 Å². The number of carbonyl (C=O) groups is 2. The standard InChI is InChI=1S/C12H22N2O3S/c1-3-13(4-2)11(15)8-14-5-6-18-9-10(14)7-12(16)17/h10H,3-9H2,1-2H3,(H,16,17). The van der Waals surface area contributed by atoms with Gasteiger partial charge in [0, 0.05) is 37.2 Å². The Morgan fingerprint density at radius 3 is 2.61 bits per heavy atom. The van der Waals surface area contributed by atoms with Crippen LogP contribution in [0.3, 0.4) is 0 Å². The Bertz CT molecular complexity index is 295. The molecular formula is C12H22N2O3S. The van der Waals surface area contributed by atoms with Crippen molar-refractivity contribution in [1.82, 2.24) is 9.80 Å². The van der Waals surface area contributed by atoms with Gasteiger partial charge in [0.25, 0.3) is 0 Å². The lowest BCUT2D eigenvalue weighted by atomic mass is 10.2. The van der Waals surface area contributed by atoms with Gasteiger partial charge in [0.1, 0.15) is 0 Å². The highest BCUT2D eigenvalue weighted by molar-refractivity contribution is 7.99. The Morgan fingerprint density at radius 2 is 2.06 bits per heavy atom. The molecule has 0 aliphatic carbocycles. The lowest BCUT2D eigenvalue weighted by Crippen LogP contribution is -2.49. The van der Waals surface area contributed by atoms with Crippen LogP contribution in [0.1, 0.15) is 20.3 Å². The maximum Gasteiger partial charge on any atom is 0.304 e. The van der Waals surface area contributed by atoms with Crippen LogP contribution in [0.4, 0.5) is 0 Å². The molecule has 0 saturated carbocycles. The van der Waals surface area contributed by atoms with Gasteiger partial charge >= 0.3 is 5.97 Å². The summed E-state index contributed by atoms with van der Waals surface area (Å²) in [6.45, 7) is 6.49. The second-order valence-electron chi connectivity index (χ2n) is 4.36. The van der Waals surface area contributed by atoms with E-state index in [1.807, 2.05) is 18.7 Å². The molecule has 104 valence electrons. The third-order valence-corrected chi connectivity index (χ3v) is 4.31. The first-order valence-corrected chi connectivity index (χ1v) is 7.55. The second kappa shape index (κ2) is 7.63. The summed E-state index contributed by atoms with van der Waals surface area (Å²) in [5, 5.41) is 8.89. The maximum atomic E-state index is 12.0. The van der Waals surface area contributed by atoms with E-state index in [1.165, 1.54) is 0 Å². The van der Waals surface area contributed by atoms with Crippen LogP contribution < -0.4 is 0 Å². The van der Waals surface area contributed by atoms with E-state index in [0.717, 1.165) is 18.1 Å². The summed E-state index contributed by atoms with van der Waals surface area (Å²) < 4.78 is 0. The number of aliphatic carboxylic acids is 1. The Balaban J connectivity index is 2.55. The average Bonchev–Trinajstić information content (AvgIpc) is 2.32. The van der Waals surface area contributed by atoms with Gasteiger partial charge in [-0.25, -0.2) is 0 Å². The minimum absolute atomic E-state index is 0.0132. The lowest BCUT2D eigenvalue weighted by Gasteiger charge is -2.35. The minimum atomic E-state index is -0.789. The van der Waals surface area contributed by atoms with Crippen LogP contribution in [0.5, 0.6) is 0 Å². The van der Waals surface area contributed by atoms with Crippen molar-refractivity contribution in [2.24, 2.45) is 0 Å². The van der Waals surface area contributed by atoms with Crippen molar-refractivity contribution in [2.75, 3.05) is 37.7 Å². The van der Waals surface area contributed by atoms with Crippen LogP contribution in [-0.4, -0.2) is 70.5 Å². The number of carboxylic acid groups (broad SMARTS) is 1. The van der Waals surface area contributed by atoms with Crippen LogP contribution in [0.2, 0.25) is 0 Å². The predicted octanol–water partition coefficient (Wildman–Crippen LogP) is 0.747. The van der Waals surface area contributed by atoms with Gasteiger partial charge in [0.15, 0.2) is 0 Å². The topological polar surface area (TPSA) is 60.9 Å². The first-order valence-electron chi connectivity index (χ1n) is 6.39. The van der Waals surface area contributed by atoms with E-state index >= 15 is 0 Å². The van der Waals surface area contributed by atoms with Crippen molar-refractivity contribution in [3.8, 4) is 0 Å². The van der Waals surface area contributed by atoms with E-state index in [2.05, 4.69) is 0 Å². The number of thioether (sulfide) groups is 1. The molecule has 1 unspecified atom stereocenters. The van der Waals surface area contributed by atoms with Crippen molar-refractivity contribution in [1.29, 1.82) is 0 Å². The van der Waals surface area contributed by atoms with Crippen LogP contribution in [-0.2, 0) is 9.59 Å². The normalized spacial score (nSPS) is 20.7. The molecule has 0 aromatic carbocycles. The number of carboxylic acids is 1. The van der Waals surface area contributed by atoms with E-state index in [4.69, 9.17) is 5.11 Å². The zero-order valence-electron chi connectivity index (χ0n) is 11.1. The van der Waals surface area contributed by atoms with Crippen molar-refractivity contribution in [2.45, 2.75) is 26.3 Å². The predicted molar refractivity (Wildman–Crippen MR) is 72.9 cm³/mol. The zero-order chi connectivity index (χ0) is 13.5. The molecule has 0 spiro atoms. The number of carbonyl (C=O) groups excluding carboxylic acids is 1. The smallest absolute Gasteiger partial charge is 0.304 e. The molecule has 0 bridgehead atoms. The molecule has 1 aliphatic heterocycles. The number of hydrogen-bond acceptors (Lipinski definition) is 4. The summed E-state index contributed by atoms with van der Waals surface area (Å²) in [5.74, 6) is 1.09. The van der Waals surface area contributed by atoms with Gasteiger partial charge in [-0.3, -0.25) is 14.5 Å². The van der Waals surface area contributed by atoms with E-state index in [9.17, 15) is 9.59 Å². The molecule has 1 aliphatic rings. The largest absolute Gasteiger partial charge is 0.481 e. The highest BCUT2D eigenvalue weighted by atomic mass is 32.2. The lowest BCUT2D eigenvalue weighted by molar-refractivity contribution is -0.139. The first kappa shape index (κ1) is 15.3. The molecule has 1 N–H and O–H groups in total. The maximum absolute atomic E-state index is 12.0. The highest BCUT2D eigenvalue weighted by Crippen LogP contribution is 2.18. The second-order valence-corrected chi connectivity index (χ2v) is 5.51. The highest BCUT2D eigenvalue weighted by Gasteiger charge is 2.27. The number of rotatable bonds is 6. The fourth-order valence-electron chi connectivity index (χ4n) is 2.14. The fraction of sp³-hybridized carbons (Fsp3) is 0.833. The van der Waals surface area contributed by atoms with E-state index in [-0.39, 0.29) is 18.4 Å². The van der Waals surface area contributed by atoms with Crippen molar-refractivity contribution in [3.63, 3.8) is 0 Å². The molecule has 0 radical (unpaired) electrons. The Morgan fingerprint density at radius 1 is 1.39 bits per heavy atom. The number of amides is 1. The Hall–Kier alpha value is -0.750. The summed E-state index contributed by atoms with van der Waals surface area (Å²) in [6.07, 6.45) is 0.124. The fourth-order valence-corrected chi connectivity index (χ4v) is 3.27. The van der Waals surface area contributed by atoms with E-state index in [1.54, 1.807) is 16.7 Å². The molecular weight excluding hydrogens is 252 g/mol. The van der Waals surface area contributed by atoms with Crippen molar-refractivity contribution >= 4 is 23.6 Å². The van der Waals surface area contributed by atoms with Gasteiger partial charge in [-0.1, -0.05) is 0 Å². The molecule has 6 heteroatoms. The van der Waals surface area contributed by atoms with Crippen LogP contribution in [0.15, 0.2) is 0 Å². The third-order valence-electron chi connectivity index (χ3n) is 3.21. The quantitative estimate of drug-likeness (QED) is 0.774. The minimum Gasteiger partial charge on any atom is -0.481 e. The van der Waals surface area contributed by atoms with Gasteiger partial charge in [0.05, 0.1) is 13.0 Å². The molecule has 1 saturated heterocycles. The molecule has 18 heavy (non-hydrogen) atoms. The number of likely N-dealkylation sites (N-methyl/N-ethyl adjacent to an activating group) is 1. The molecule has 1 heterocycles. The van der Waals surface area contributed by atoms with Crippen LogP contribution in [0.25, 0.3) is 0 Å². The Kier molecular flexibility index (Phi) is 6.49. The molecule has 1 rings (SSSR count). The average molecular weight is 274 g/mol. The summed E-state index contributed by atoms with van der Waals surface area (Å²) in [7, 11) is 0. The zero-order valence-corrected chi connectivity index (χ0v) is 11.9. The van der Waals surface area contributed by atoms with E-state index in [0.29, 0.717) is 19.6 Å². The number of nitrogens with zero attached hydrogens (tertiary/aromatic N) is 2. The molecule has 0 aromatic rings. The number of hydrogen-bond donors (Lipinski definition) is 1. The van der Waals surface area contributed by atoms with Crippen LogP contribution >= 0.6 is 11.8 Å². The van der Waals surface area contributed by atoms with Gasteiger partial charge in [-0.2, -0.15) is 11.8 Å². The summed E-state index contributed by atoms with van der Waals surface area (Å²) in [5.41, 5.74) is 0. The molecule has 1 fully saturated rings. The summed E-state index contributed by atoms with van der Waals surface area (Å²) in [6, 6.07) is -0.0132. The van der Waals surface area contributed by atoms with Gasteiger partial charge in [0.2, 0.25) is 5.91 Å². The summed E-state index contributed by atoms with van der Waals surface area (Å²) >= 11 is 1.77. The van der Waals surface area contributed by atoms with Gasteiger partial charge < -0.3 is 10.0 Å². The SMILES string of the molecule is CCN(CC)C(=O)CN1CCSCC1CC(=O)O. The molecule has 1 amide bonds. The van der Waals surface area contributed by atoms with Gasteiger partial charge in [-0.15, -0.1) is 0 Å².